The first kappa shape index (κ1) is 22.2. The van der Waals surface area contributed by atoms with E-state index in [0.717, 1.165) is 60.1 Å². The van der Waals surface area contributed by atoms with Crippen LogP contribution in [0.2, 0.25) is 0 Å². The summed E-state index contributed by atoms with van der Waals surface area (Å²) in [7, 11) is 0. The molecule has 5 rings (SSSR count). The van der Waals surface area contributed by atoms with Crippen LogP contribution in [0, 0.1) is 17.7 Å². The van der Waals surface area contributed by atoms with E-state index >= 15 is 0 Å². The van der Waals surface area contributed by atoms with Crippen molar-refractivity contribution < 1.29 is 13.9 Å². The first-order valence-electron chi connectivity index (χ1n) is 11.8. The Labute approximate surface area is 197 Å². The molecule has 0 spiro atoms. The minimum absolute atomic E-state index is 0.00206. The number of amides is 1. The molecule has 3 aromatic rings. The highest BCUT2D eigenvalue weighted by Crippen LogP contribution is 2.35. The number of hydrogen-bond donors (Lipinski definition) is 1. The predicted molar refractivity (Wildman–Crippen MR) is 126 cm³/mol. The van der Waals surface area contributed by atoms with Gasteiger partial charge in [0.05, 0.1) is 17.7 Å². The summed E-state index contributed by atoms with van der Waals surface area (Å²) in [6, 6.07) is 6.43. The van der Waals surface area contributed by atoms with Gasteiger partial charge in [-0.15, -0.1) is 11.3 Å². The van der Waals surface area contributed by atoms with Crippen molar-refractivity contribution in [3.8, 4) is 21.8 Å². The number of hydrogen-bond acceptors (Lipinski definition) is 5. The zero-order valence-electron chi connectivity index (χ0n) is 18.6. The zero-order valence-corrected chi connectivity index (χ0v) is 19.5. The quantitative estimate of drug-likeness (QED) is 0.520. The van der Waals surface area contributed by atoms with Crippen LogP contribution in [0.4, 0.5) is 4.39 Å². The van der Waals surface area contributed by atoms with Gasteiger partial charge in [-0.3, -0.25) is 9.48 Å². The average molecular weight is 469 g/mol. The fourth-order valence-electron chi connectivity index (χ4n) is 4.38. The Kier molecular flexibility index (Phi) is 6.83. The third-order valence-electron chi connectivity index (χ3n) is 6.60. The van der Waals surface area contributed by atoms with Gasteiger partial charge in [0, 0.05) is 43.4 Å². The molecular formula is C25H29FN4O2S. The van der Waals surface area contributed by atoms with Crippen LogP contribution in [0.1, 0.15) is 37.8 Å². The maximum Gasteiger partial charge on any atom is 0.226 e. The number of nitrogens with one attached hydrogen (secondary N) is 1. The monoisotopic (exact) mass is 468 g/mol. The van der Waals surface area contributed by atoms with Gasteiger partial charge in [0.15, 0.2) is 0 Å². The molecule has 1 aromatic carbocycles. The van der Waals surface area contributed by atoms with E-state index in [4.69, 9.17) is 14.8 Å². The van der Waals surface area contributed by atoms with E-state index in [9.17, 15) is 9.18 Å². The van der Waals surface area contributed by atoms with Gasteiger partial charge >= 0.3 is 0 Å². The van der Waals surface area contributed by atoms with E-state index in [2.05, 4.69) is 5.32 Å². The lowest BCUT2D eigenvalue weighted by molar-refractivity contribution is -0.120. The van der Waals surface area contributed by atoms with Gasteiger partial charge in [0.2, 0.25) is 5.91 Å². The van der Waals surface area contributed by atoms with Crippen molar-refractivity contribution in [2.24, 2.45) is 11.8 Å². The number of rotatable bonds is 8. The normalized spacial score (nSPS) is 17.1. The Hall–Kier alpha value is -2.58. The molecule has 6 nitrogen and oxygen atoms in total. The first-order chi connectivity index (χ1) is 16.1. The van der Waals surface area contributed by atoms with Crippen molar-refractivity contribution >= 4 is 17.2 Å². The van der Waals surface area contributed by atoms with E-state index in [-0.39, 0.29) is 18.1 Å². The largest absolute Gasteiger partial charge is 0.381 e. The van der Waals surface area contributed by atoms with Gasteiger partial charge in [0.25, 0.3) is 0 Å². The van der Waals surface area contributed by atoms with Crippen molar-refractivity contribution in [3.63, 3.8) is 0 Å². The lowest BCUT2D eigenvalue weighted by atomic mass is 9.85. The fraction of sp³-hybridized carbons (Fsp3) is 0.480. The van der Waals surface area contributed by atoms with Crippen molar-refractivity contribution in [2.45, 2.75) is 45.1 Å². The summed E-state index contributed by atoms with van der Waals surface area (Å²) in [6.07, 6.45) is 8.08. The number of thiazole rings is 1. The molecule has 2 aromatic heterocycles. The van der Waals surface area contributed by atoms with Crippen molar-refractivity contribution in [1.82, 2.24) is 20.1 Å². The van der Waals surface area contributed by atoms with Crippen molar-refractivity contribution in [2.75, 3.05) is 19.8 Å². The number of halogens is 1. The molecule has 1 saturated carbocycles. The standard InChI is InChI=1S/C25H29FN4O2S/c26-20-6-4-19(5-7-20)24-22(15-30(29-24)14-18-2-1-3-18)25-28-21(16-33-25)12-23(31)27-13-17-8-10-32-11-9-17/h4-7,15-18H,1-3,8-14H2,(H,27,31). The van der Waals surface area contributed by atoms with Gasteiger partial charge in [-0.1, -0.05) is 6.42 Å². The Morgan fingerprint density at radius 2 is 1.94 bits per heavy atom. The highest BCUT2D eigenvalue weighted by atomic mass is 32.1. The number of benzene rings is 1. The summed E-state index contributed by atoms with van der Waals surface area (Å²) in [5.74, 6) is 0.897. The summed E-state index contributed by atoms with van der Waals surface area (Å²) in [6.45, 7) is 3.14. The summed E-state index contributed by atoms with van der Waals surface area (Å²) < 4.78 is 20.9. The third-order valence-corrected chi connectivity index (χ3v) is 7.53. The minimum Gasteiger partial charge on any atom is -0.381 e. The lowest BCUT2D eigenvalue weighted by Crippen LogP contribution is -2.33. The molecule has 0 atom stereocenters. The van der Waals surface area contributed by atoms with Crippen LogP contribution in [0.15, 0.2) is 35.8 Å². The molecule has 33 heavy (non-hydrogen) atoms. The third kappa shape index (κ3) is 5.50. The van der Waals surface area contributed by atoms with Gasteiger partial charge < -0.3 is 10.1 Å². The number of carbonyl (C=O) groups is 1. The van der Waals surface area contributed by atoms with E-state index in [1.54, 1.807) is 12.1 Å². The van der Waals surface area contributed by atoms with E-state index in [1.165, 1.54) is 42.7 Å². The molecule has 0 bridgehead atoms. The first-order valence-corrected chi connectivity index (χ1v) is 12.6. The maximum absolute atomic E-state index is 13.5. The number of nitrogens with zero attached hydrogens (tertiary/aromatic N) is 3. The number of aromatic nitrogens is 3. The van der Waals surface area contributed by atoms with Gasteiger partial charge in [-0.05, 0) is 61.8 Å². The molecule has 1 amide bonds. The zero-order chi connectivity index (χ0) is 22.6. The lowest BCUT2D eigenvalue weighted by Gasteiger charge is -2.24. The van der Waals surface area contributed by atoms with Crippen LogP contribution in [0.5, 0.6) is 0 Å². The predicted octanol–water partition coefficient (Wildman–Crippen LogP) is 4.70. The van der Waals surface area contributed by atoms with Crippen LogP contribution in [-0.2, 0) is 22.5 Å². The molecule has 2 aliphatic rings. The summed E-state index contributed by atoms with van der Waals surface area (Å²) in [4.78, 5) is 17.2. The van der Waals surface area contributed by atoms with Crippen LogP contribution >= 0.6 is 11.3 Å². The second-order valence-corrected chi connectivity index (χ2v) is 9.96. The van der Waals surface area contributed by atoms with Crippen LogP contribution in [0.25, 0.3) is 21.8 Å². The summed E-state index contributed by atoms with van der Waals surface area (Å²) in [5, 5.41) is 10.7. The average Bonchev–Trinajstić information content (AvgIpc) is 3.43. The summed E-state index contributed by atoms with van der Waals surface area (Å²) >= 11 is 1.52. The number of ether oxygens (including phenoxy) is 1. The Balaban J connectivity index is 1.30. The molecule has 1 saturated heterocycles. The molecule has 1 aliphatic heterocycles. The van der Waals surface area contributed by atoms with Crippen LogP contribution in [0.3, 0.4) is 0 Å². The molecule has 1 aliphatic carbocycles. The maximum atomic E-state index is 13.5. The van der Waals surface area contributed by atoms with E-state index in [0.29, 0.717) is 18.4 Å². The molecule has 0 unspecified atom stereocenters. The second-order valence-electron chi connectivity index (χ2n) is 9.10. The Morgan fingerprint density at radius 1 is 1.15 bits per heavy atom. The number of carbonyl (C=O) groups excluding carboxylic acids is 1. The van der Waals surface area contributed by atoms with Crippen molar-refractivity contribution in [1.29, 1.82) is 0 Å². The van der Waals surface area contributed by atoms with Gasteiger partial charge in [-0.2, -0.15) is 5.10 Å². The van der Waals surface area contributed by atoms with E-state index in [1.807, 2.05) is 16.3 Å². The van der Waals surface area contributed by atoms with Gasteiger partial charge in [-0.25, -0.2) is 9.37 Å². The Bertz CT molecular complexity index is 1080. The molecule has 3 heterocycles. The molecule has 174 valence electrons. The molecule has 0 radical (unpaired) electrons. The molecule has 2 fully saturated rings. The second kappa shape index (κ2) is 10.1. The summed E-state index contributed by atoms with van der Waals surface area (Å²) in [5.41, 5.74) is 3.36. The fourth-order valence-corrected chi connectivity index (χ4v) is 5.21. The molecule has 1 N–H and O–H groups in total. The van der Waals surface area contributed by atoms with Gasteiger partial charge in [0.1, 0.15) is 16.5 Å². The SMILES string of the molecule is O=C(Cc1csc(-c2cn(CC3CCC3)nc2-c2ccc(F)cc2)n1)NCC1CCOCC1. The smallest absolute Gasteiger partial charge is 0.226 e. The highest BCUT2D eigenvalue weighted by Gasteiger charge is 2.22. The van der Waals surface area contributed by atoms with Crippen molar-refractivity contribution in [3.05, 3.63) is 47.4 Å². The minimum atomic E-state index is -0.266. The van der Waals surface area contributed by atoms with Crippen LogP contribution < -0.4 is 5.32 Å². The van der Waals surface area contributed by atoms with Crippen LogP contribution in [-0.4, -0.2) is 40.4 Å². The molecule has 8 heteroatoms. The highest BCUT2D eigenvalue weighted by molar-refractivity contribution is 7.13. The molecular weight excluding hydrogens is 439 g/mol. The van der Waals surface area contributed by atoms with E-state index < -0.39 is 0 Å². The Morgan fingerprint density at radius 3 is 2.67 bits per heavy atom. The topological polar surface area (TPSA) is 69.0 Å².